The van der Waals surface area contributed by atoms with Crippen LogP contribution in [0, 0.1) is 0 Å². The fraction of sp³-hybridized carbons (Fsp3) is 0.889. The molecule has 0 heterocycles. The minimum absolute atomic E-state index is 0.0780. The lowest BCUT2D eigenvalue weighted by Crippen LogP contribution is -2.33. The second-order valence-electron chi connectivity index (χ2n) is 3.38. The van der Waals surface area contributed by atoms with E-state index in [1.165, 1.54) is 12.8 Å². The maximum Gasteiger partial charge on any atom is 0.188 e. The van der Waals surface area contributed by atoms with E-state index in [1.807, 2.05) is 0 Å². The second kappa shape index (κ2) is 6.62. The second-order valence-corrected chi connectivity index (χ2v) is 3.38. The van der Waals surface area contributed by atoms with Gasteiger partial charge in [0.2, 0.25) is 0 Å². The van der Waals surface area contributed by atoms with Gasteiger partial charge in [-0.05, 0) is 19.3 Å². The number of nitrogens with one attached hydrogen (secondary N) is 1. The van der Waals surface area contributed by atoms with E-state index in [1.54, 1.807) is 0 Å². The number of ether oxygens (including phenoxy) is 1. The van der Waals surface area contributed by atoms with E-state index < -0.39 is 0 Å². The number of nitrogens with zero attached hydrogens (tertiary/aromatic N) is 1. The molecule has 0 saturated heterocycles. The molecule has 0 radical (unpaired) electrons. The van der Waals surface area contributed by atoms with Gasteiger partial charge in [-0.25, -0.2) is 0 Å². The van der Waals surface area contributed by atoms with Crippen LogP contribution < -0.4 is 11.1 Å². The molecule has 0 amide bonds. The number of aliphatic hydroxyl groups is 1. The van der Waals surface area contributed by atoms with Gasteiger partial charge >= 0.3 is 0 Å². The number of nitrogens with two attached hydrogens (primary N) is 1. The van der Waals surface area contributed by atoms with Crippen molar-refractivity contribution in [3.8, 4) is 0 Å². The van der Waals surface area contributed by atoms with Crippen LogP contribution in [-0.4, -0.2) is 43.5 Å². The van der Waals surface area contributed by atoms with E-state index in [4.69, 9.17) is 15.6 Å². The van der Waals surface area contributed by atoms with Gasteiger partial charge in [0.15, 0.2) is 5.96 Å². The van der Waals surface area contributed by atoms with Gasteiger partial charge in [0.1, 0.15) is 0 Å². The molecule has 0 atom stereocenters. The standard InChI is InChI=1S/C9H19N3O2/c10-9(12-8-2-3-8)11-4-1-6-14-7-5-13/h8,13H,1-7H2,(H3,10,11,12). The number of aliphatic hydroxyl groups excluding tert-OH is 1. The van der Waals surface area contributed by atoms with Crippen LogP contribution in [0.15, 0.2) is 4.99 Å². The maximum atomic E-state index is 8.43. The Morgan fingerprint density at radius 3 is 2.93 bits per heavy atom. The zero-order chi connectivity index (χ0) is 10.2. The van der Waals surface area contributed by atoms with Crippen molar-refractivity contribution in [2.24, 2.45) is 10.7 Å². The van der Waals surface area contributed by atoms with E-state index in [9.17, 15) is 0 Å². The summed E-state index contributed by atoms with van der Waals surface area (Å²) in [5.41, 5.74) is 5.61. The minimum atomic E-state index is 0.0780. The summed E-state index contributed by atoms with van der Waals surface area (Å²) in [6.07, 6.45) is 3.25. The van der Waals surface area contributed by atoms with Crippen LogP contribution >= 0.6 is 0 Å². The van der Waals surface area contributed by atoms with Gasteiger partial charge in [-0.1, -0.05) is 0 Å². The number of hydrogen-bond donors (Lipinski definition) is 3. The van der Waals surface area contributed by atoms with Gasteiger partial charge in [0.25, 0.3) is 0 Å². The van der Waals surface area contributed by atoms with Crippen molar-refractivity contribution in [2.75, 3.05) is 26.4 Å². The van der Waals surface area contributed by atoms with Crippen LogP contribution in [0.1, 0.15) is 19.3 Å². The first kappa shape index (κ1) is 11.3. The summed E-state index contributed by atoms with van der Waals surface area (Å²) in [4.78, 5) is 4.14. The molecule has 14 heavy (non-hydrogen) atoms. The molecule has 5 nitrogen and oxygen atoms in total. The van der Waals surface area contributed by atoms with E-state index in [0.29, 0.717) is 31.8 Å². The molecule has 0 bridgehead atoms. The lowest BCUT2D eigenvalue weighted by atomic mass is 10.4. The van der Waals surface area contributed by atoms with E-state index in [-0.39, 0.29) is 6.61 Å². The Bertz CT molecular complexity index is 181. The Balaban J connectivity index is 1.89. The molecule has 1 aliphatic carbocycles. The van der Waals surface area contributed by atoms with Gasteiger partial charge in [-0.15, -0.1) is 0 Å². The number of aliphatic imine (C=N–C) groups is 1. The third-order valence-electron chi connectivity index (χ3n) is 1.89. The summed E-state index contributed by atoms with van der Waals surface area (Å²) in [6.45, 7) is 1.78. The fourth-order valence-corrected chi connectivity index (χ4v) is 1.02. The van der Waals surface area contributed by atoms with Gasteiger partial charge in [-0.2, -0.15) is 0 Å². The van der Waals surface area contributed by atoms with E-state index >= 15 is 0 Å². The smallest absolute Gasteiger partial charge is 0.188 e. The fourth-order valence-electron chi connectivity index (χ4n) is 1.02. The molecule has 4 N–H and O–H groups in total. The van der Waals surface area contributed by atoms with Crippen LogP contribution in [0.25, 0.3) is 0 Å². The molecule has 0 aromatic rings. The lowest BCUT2D eigenvalue weighted by Gasteiger charge is -2.03. The molecule has 5 heteroatoms. The molecular formula is C9H19N3O2. The number of rotatable bonds is 7. The van der Waals surface area contributed by atoms with Crippen LogP contribution in [0.3, 0.4) is 0 Å². The summed E-state index contributed by atoms with van der Waals surface area (Å²) in [5.74, 6) is 0.537. The molecule has 0 aromatic heterocycles. The van der Waals surface area contributed by atoms with E-state index in [2.05, 4.69) is 10.3 Å². The summed E-state index contributed by atoms with van der Waals surface area (Å²) in [5, 5.41) is 11.5. The van der Waals surface area contributed by atoms with Crippen molar-refractivity contribution in [2.45, 2.75) is 25.3 Å². The average Bonchev–Trinajstić information content (AvgIpc) is 2.95. The summed E-state index contributed by atoms with van der Waals surface area (Å²) < 4.78 is 5.08. The first-order chi connectivity index (χ1) is 6.83. The first-order valence-electron chi connectivity index (χ1n) is 5.08. The third-order valence-corrected chi connectivity index (χ3v) is 1.89. The van der Waals surface area contributed by atoms with Crippen molar-refractivity contribution in [1.29, 1.82) is 0 Å². The number of hydrogen-bond acceptors (Lipinski definition) is 3. The third kappa shape index (κ3) is 5.77. The van der Waals surface area contributed by atoms with Crippen LogP contribution in [0.4, 0.5) is 0 Å². The Morgan fingerprint density at radius 1 is 1.50 bits per heavy atom. The van der Waals surface area contributed by atoms with Gasteiger partial charge in [-0.3, -0.25) is 4.99 Å². The summed E-state index contributed by atoms with van der Waals surface area (Å²) in [7, 11) is 0. The Kier molecular flexibility index (Phi) is 5.32. The maximum absolute atomic E-state index is 8.43. The molecular weight excluding hydrogens is 182 g/mol. The molecule has 1 aliphatic rings. The highest BCUT2D eigenvalue weighted by atomic mass is 16.5. The SMILES string of the molecule is NC(=NCCCOCCO)NC1CC1. The highest BCUT2D eigenvalue weighted by molar-refractivity contribution is 5.78. The first-order valence-corrected chi connectivity index (χ1v) is 5.08. The largest absolute Gasteiger partial charge is 0.394 e. The molecule has 1 rings (SSSR count). The van der Waals surface area contributed by atoms with Crippen molar-refractivity contribution in [3.63, 3.8) is 0 Å². The average molecular weight is 201 g/mol. The Labute approximate surface area is 84.3 Å². The van der Waals surface area contributed by atoms with Gasteiger partial charge < -0.3 is 20.9 Å². The molecule has 0 aliphatic heterocycles. The van der Waals surface area contributed by atoms with Crippen molar-refractivity contribution >= 4 is 5.96 Å². The zero-order valence-electron chi connectivity index (χ0n) is 8.41. The molecule has 82 valence electrons. The van der Waals surface area contributed by atoms with Crippen LogP contribution in [0.2, 0.25) is 0 Å². The van der Waals surface area contributed by atoms with E-state index in [0.717, 1.165) is 6.42 Å². The molecule has 0 aromatic carbocycles. The van der Waals surface area contributed by atoms with Gasteiger partial charge in [0.05, 0.1) is 13.2 Å². The predicted molar refractivity (Wildman–Crippen MR) is 55.2 cm³/mol. The van der Waals surface area contributed by atoms with Crippen molar-refractivity contribution in [3.05, 3.63) is 0 Å². The normalized spacial score (nSPS) is 17.1. The molecule has 1 saturated carbocycles. The number of guanidine groups is 1. The summed E-state index contributed by atoms with van der Waals surface area (Å²) >= 11 is 0. The summed E-state index contributed by atoms with van der Waals surface area (Å²) in [6, 6.07) is 0.560. The van der Waals surface area contributed by atoms with Crippen LogP contribution in [0.5, 0.6) is 0 Å². The Morgan fingerprint density at radius 2 is 2.29 bits per heavy atom. The highest BCUT2D eigenvalue weighted by Gasteiger charge is 2.21. The zero-order valence-corrected chi connectivity index (χ0v) is 8.41. The van der Waals surface area contributed by atoms with Crippen molar-refractivity contribution in [1.82, 2.24) is 5.32 Å². The molecule has 1 fully saturated rings. The monoisotopic (exact) mass is 201 g/mol. The quantitative estimate of drug-likeness (QED) is 0.293. The van der Waals surface area contributed by atoms with Crippen LogP contribution in [-0.2, 0) is 4.74 Å². The predicted octanol–water partition coefficient (Wildman–Crippen LogP) is -0.548. The highest BCUT2D eigenvalue weighted by Crippen LogP contribution is 2.17. The molecule has 0 spiro atoms. The molecule has 0 unspecified atom stereocenters. The van der Waals surface area contributed by atoms with Crippen molar-refractivity contribution < 1.29 is 9.84 Å². The minimum Gasteiger partial charge on any atom is -0.394 e. The van der Waals surface area contributed by atoms with Gasteiger partial charge in [0, 0.05) is 19.2 Å². The lowest BCUT2D eigenvalue weighted by molar-refractivity contribution is 0.0918. The topological polar surface area (TPSA) is 79.9 Å². The Hall–Kier alpha value is -0.810.